The SMILES string of the molecule is CCc1ccccc1Nc1nc(N)nc(COc2ccc3ccc(=O)oc3c2)n1. The van der Waals surface area contributed by atoms with Gasteiger partial charge in [-0.05, 0) is 36.2 Å². The van der Waals surface area contributed by atoms with Crippen LogP contribution in [0.1, 0.15) is 18.3 Å². The zero-order valence-electron chi connectivity index (χ0n) is 15.8. The van der Waals surface area contributed by atoms with Crippen LogP contribution in [-0.2, 0) is 13.0 Å². The molecular weight excluding hydrogens is 370 g/mol. The van der Waals surface area contributed by atoms with E-state index in [0.29, 0.717) is 23.1 Å². The molecule has 0 bridgehead atoms. The van der Waals surface area contributed by atoms with E-state index in [-0.39, 0.29) is 12.6 Å². The van der Waals surface area contributed by atoms with E-state index in [1.165, 1.54) is 6.07 Å². The number of nitrogens with zero attached hydrogens (tertiary/aromatic N) is 3. The number of para-hydroxylation sites is 1. The Labute approximate surface area is 166 Å². The van der Waals surface area contributed by atoms with Crippen molar-refractivity contribution in [2.45, 2.75) is 20.0 Å². The highest BCUT2D eigenvalue weighted by molar-refractivity contribution is 5.77. The number of hydrogen-bond acceptors (Lipinski definition) is 8. The number of hydrogen-bond donors (Lipinski definition) is 2. The summed E-state index contributed by atoms with van der Waals surface area (Å²) in [6.07, 6.45) is 0.873. The first kappa shape index (κ1) is 18.4. The maximum Gasteiger partial charge on any atom is 0.336 e. The lowest BCUT2D eigenvalue weighted by Gasteiger charge is -2.11. The number of fused-ring (bicyclic) bond motifs is 1. The van der Waals surface area contributed by atoms with E-state index in [1.54, 1.807) is 18.2 Å². The fraction of sp³-hybridized carbons (Fsp3) is 0.143. The summed E-state index contributed by atoms with van der Waals surface area (Å²) in [5.41, 5.74) is 7.92. The average molecular weight is 389 g/mol. The van der Waals surface area contributed by atoms with Crippen molar-refractivity contribution in [2.75, 3.05) is 11.1 Å². The summed E-state index contributed by atoms with van der Waals surface area (Å²) in [6, 6.07) is 16.2. The molecular formula is C21H19N5O3. The molecule has 8 heteroatoms. The van der Waals surface area contributed by atoms with Gasteiger partial charge in [0.2, 0.25) is 11.9 Å². The highest BCUT2D eigenvalue weighted by Gasteiger charge is 2.08. The summed E-state index contributed by atoms with van der Waals surface area (Å²) >= 11 is 0. The quantitative estimate of drug-likeness (QED) is 0.482. The smallest absolute Gasteiger partial charge is 0.336 e. The number of nitrogens with one attached hydrogen (secondary N) is 1. The van der Waals surface area contributed by atoms with Crippen LogP contribution in [0.3, 0.4) is 0 Å². The summed E-state index contributed by atoms with van der Waals surface area (Å²) in [7, 11) is 0. The van der Waals surface area contributed by atoms with Crippen LogP contribution in [0.5, 0.6) is 5.75 Å². The van der Waals surface area contributed by atoms with Gasteiger partial charge in [-0.3, -0.25) is 0 Å². The zero-order chi connectivity index (χ0) is 20.2. The highest BCUT2D eigenvalue weighted by atomic mass is 16.5. The number of nitrogens with two attached hydrogens (primary N) is 1. The van der Waals surface area contributed by atoms with Crippen LogP contribution >= 0.6 is 0 Å². The van der Waals surface area contributed by atoms with Gasteiger partial charge in [0.1, 0.15) is 17.9 Å². The number of aromatic nitrogens is 3. The molecule has 0 amide bonds. The molecule has 29 heavy (non-hydrogen) atoms. The third-order valence-corrected chi connectivity index (χ3v) is 4.31. The molecule has 2 aromatic heterocycles. The number of anilines is 3. The van der Waals surface area contributed by atoms with Gasteiger partial charge in [-0.15, -0.1) is 0 Å². The van der Waals surface area contributed by atoms with Crippen molar-refractivity contribution in [2.24, 2.45) is 0 Å². The molecule has 4 aromatic rings. The van der Waals surface area contributed by atoms with Gasteiger partial charge in [-0.2, -0.15) is 15.0 Å². The number of benzene rings is 2. The standard InChI is InChI=1S/C21H19N5O3/c1-2-13-5-3-4-6-16(13)23-21-25-18(24-20(22)26-21)12-28-15-9-7-14-8-10-19(27)29-17(14)11-15/h3-11H,2,12H2,1H3,(H3,22,23,24,25,26). The van der Waals surface area contributed by atoms with Gasteiger partial charge in [0, 0.05) is 23.2 Å². The molecule has 0 aliphatic carbocycles. The molecule has 2 heterocycles. The van der Waals surface area contributed by atoms with Crippen LogP contribution in [0.25, 0.3) is 11.0 Å². The van der Waals surface area contributed by atoms with Gasteiger partial charge in [0.25, 0.3) is 0 Å². The van der Waals surface area contributed by atoms with Crippen molar-refractivity contribution in [3.05, 3.63) is 76.4 Å². The Morgan fingerprint density at radius 1 is 1.07 bits per heavy atom. The van der Waals surface area contributed by atoms with E-state index >= 15 is 0 Å². The largest absolute Gasteiger partial charge is 0.485 e. The molecule has 4 rings (SSSR count). The highest BCUT2D eigenvalue weighted by Crippen LogP contribution is 2.21. The lowest BCUT2D eigenvalue weighted by atomic mass is 10.1. The minimum Gasteiger partial charge on any atom is -0.485 e. The summed E-state index contributed by atoms with van der Waals surface area (Å²) in [4.78, 5) is 24.0. The fourth-order valence-corrected chi connectivity index (χ4v) is 2.91. The molecule has 0 unspecified atom stereocenters. The van der Waals surface area contributed by atoms with Crippen molar-refractivity contribution >= 4 is 28.6 Å². The average Bonchev–Trinajstić information content (AvgIpc) is 2.72. The van der Waals surface area contributed by atoms with Crippen molar-refractivity contribution < 1.29 is 9.15 Å². The van der Waals surface area contributed by atoms with Crippen LogP contribution in [0.15, 0.2) is 63.8 Å². The summed E-state index contributed by atoms with van der Waals surface area (Å²) in [6.45, 7) is 2.16. The first-order valence-electron chi connectivity index (χ1n) is 9.13. The van der Waals surface area contributed by atoms with E-state index < -0.39 is 5.63 Å². The number of ether oxygens (including phenoxy) is 1. The van der Waals surface area contributed by atoms with Crippen molar-refractivity contribution in [1.82, 2.24) is 15.0 Å². The fourth-order valence-electron chi connectivity index (χ4n) is 2.91. The van der Waals surface area contributed by atoms with E-state index in [1.807, 2.05) is 30.3 Å². The van der Waals surface area contributed by atoms with Gasteiger partial charge in [-0.1, -0.05) is 25.1 Å². The molecule has 2 aromatic carbocycles. The van der Waals surface area contributed by atoms with Crippen LogP contribution in [0.4, 0.5) is 17.6 Å². The Hall–Kier alpha value is -3.94. The molecule has 0 atom stereocenters. The van der Waals surface area contributed by atoms with Crippen molar-refractivity contribution in [3.8, 4) is 5.75 Å². The van der Waals surface area contributed by atoms with Gasteiger partial charge < -0.3 is 20.2 Å². The van der Waals surface area contributed by atoms with Crippen LogP contribution in [-0.4, -0.2) is 15.0 Å². The molecule has 146 valence electrons. The van der Waals surface area contributed by atoms with Crippen molar-refractivity contribution in [1.29, 1.82) is 0 Å². The Balaban J connectivity index is 1.53. The molecule has 0 fully saturated rings. The predicted octanol–water partition coefficient (Wildman–Crippen LogP) is 3.45. The summed E-state index contributed by atoms with van der Waals surface area (Å²) < 4.78 is 10.9. The molecule has 0 aliphatic heterocycles. The molecule has 0 saturated carbocycles. The Bertz CT molecular complexity index is 1220. The predicted molar refractivity (Wildman–Crippen MR) is 110 cm³/mol. The number of rotatable bonds is 6. The van der Waals surface area contributed by atoms with Gasteiger partial charge >= 0.3 is 5.63 Å². The third kappa shape index (κ3) is 4.32. The second-order valence-electron chi connectivity index (χ2n) is 6.31. The third-order valence-electron chi connectivity index (χ3n) is 4.31. The molecule has 0 aliphatic rings. The lowest BCUT2D eigenvalue weighted by Crippen LogP contribution is -2.10. The first-order valence-corrected chi connectivity index (χ1v) is 9.13. The maximum atomic E-state index is 11.4. The molecule has 0 radical (unpaired) electrons. The molecule has 0 spiro atoms. The Kier molecular flexibility index (Phi) is 5.07. The topological polar surface area (TPSA) is 116 Å². The van der Waals surface area contributed by atoms with Crippen molar-refractivity contribution in [3.63, 3.8) is 0 Å². The van der Waals surface area contributed by atoms with Gasteiger partial charge in [-0.25, -0.2) is 4.79 Å². The zero-order valence-corrected chi connectivity index (χ0v) is 15.8. The van der Waals surface area contributed by atoms with E-state index in [4.69, 9.17) is 14.9 Å². The van der Waals surface area contributed by atoms with Crippen LogP contribution < -0.4 is 21.4 Å². The first-order chi connectivity index (χ1) is 14.1. The number of aryl methyl sites for hydroxylation is 1. The summed E-state index contributed by atoms with van der Waals surface area (Å²) in [5, 5.41) is 3.99. The normalized spacial score (nSPS) is 10.8. The van der Waals surface area contributed by atoms with E-state index in [2.05, 4.69) is 27.2 Å². The second-order valence-corrected chi connectivity index (χ2v) is 6.31. The second kappa shape index (κ2) is 7.97. The Morgan fingerprint density at radius 2 is 1.90 bits per heavy atom. The maximum absolute atomic E-state index is 11.4. The van der Waals surface area contributed by atoms with Crippen LogP contribution in [0.2, 0.25) is 0 Å². The van der Waals surface area contributed by atoms with E-state index in [9.17, 15) is 4.79 Å². The van der Waals surface area contributed by atoms with Gasteiger partial charge in [0.05, 0.1) is 0 Å². The minimum atomic E-state index is -0.414. The monoisotopic (exact) mass is 389 g/mol. The minimum absolute atomic E-state index is 0.0827. The Morgan fingerprint density at radius 3 is 2.76 bits per heavy atom. The molecule has 3 N–H and O–H groups in total. The molecule has 8 nitrogen and oxygen atoms in total. The van der Waals surface area contributed by atoms with Gasteiger partial charge in [0.15, 0.2) is 5.82 Å². The van der Waals surface area contributed by atoms with E-state index in [0.717, 1.165) is 23.1 Å². The lowest BCUT2D eigenvalue weighted by molar-refractivity contribution is 0.296. The summed E-state index contributed by atoms with van der Waals surface area (Å²) in [5.74, 6) is 1.35. The van der Waals surface area contributed by atoms with Crippen LogP contribution in [0, 0.1) is 0 Å². The molecule has 0 saturated heterocycles. The number of nitrogen functional groups attached to an aromatic ring is 1.